The third-order valence-electron chi connectivity index (χ3n) is 11.7. The molecule has 0 unspecified atom stereocenters. The first kappa shape index (κ1) is 30.2. The summed E-state index contributed by atoms with van der Waals surface area (Å²) in [4.78, 5) is 26.9. The Hall–Kier alpha value is -1.25. The molecular weight excluding hydrogens is 526 g/mol. The number of carbonyl (C=O) groups is 2. The Balaban J connectivity index is 1.07. The first-order valence-electron chi connectivity index (χ1n) is 15.7. The van der Waals surface area contributed by atoms with Crippen molar-refractivity contribution in [2.24, 2.45) is 34.5 Å². The smallest absolute Gasteiger partial charge is 0.320 e. The fourth-order valence-corrected chi connectivity index (χ4v) is 10.1. The number of fused-ring (bicyclic) bond motifs is 5. The van der Waals surface area contributed by atoms with E-state index in [4.69, 9.17) is 14.2 Å². The summed E-state index contributed by atoms with van der Waals surface area (Å²) in [5.41, 5.74) is 1.44. The van der Waals surface area contributed by atoms with Crippen LogP contribution >= 0.6 is 11.8 Å². The van der Waals surface area contributed by atoms with Crippen LogP contribution in [0.15, 0.2) is 11.3 Å². The van der Waals surface area contributed by atoms with Crippen LogP contribution in [-0.2, 0) is 23.8 Å². The molecule has 1 heterocycles. The van der Waals surface area contributed by atoms with Crippen LogP contribution in [0.2, 0.25) is 0 Å². The molecule has 4 saturated carbocycles. The number of nitrogens with zero attached hydrogens (tertiary/aromatic N) is 1. The molecule has 0 aromatic heterocycles. The summed E-state index contributed by atoms with van der Waals surface area (Å²) in [5, 5.41) is 10.4. The number of thioether (sulfide) groups is 1. The lowest BCUT2D eigenvalue weighted by molar-refractivity contribution is -0.176. The van der Waals surface area contributed by atoms with Crippen molar-refractivity contribution in [2.75, 3.05) is 51.0 Å². The highest BCUT2D eigenvalue weighted by atomic mass is 32.2. The average molecular weight is 578 g/mol. The molecular formula is C32H51NO6S. The third-order valence-corrected chi connectivity index (χ3v) is 12.6. The van der Waals surface area contributed by atoms with E-state index >= 15 is 0 Å². The number of hydrogen-bond acceptors (Lipinski definition) is 8. The Morgan fingerprint density at radius 3 is 2.55 bits per heavy atom. The molecule has 7 atom stereocenters. The molecule has 226 valence electrons. The van der Waals surface area contributed by atoms with Gasteiger partial charge in [-0.25, -0.2) is 0 Å². The quantitative estimate of drug-likeness (QED) is 0.221. The van der Waals surface area contributed by atoms with Crippen LogP contribution in [0.3, 0.4) is 0 Å². The number of rotatable bonds is 8. The van der Waals surface area contributed by atoms with E-state index in [0.717, 1.165) is 50.6 Å². The summed E-state index contributed by atoms with van der Waals surface area (Å²) in [6.45, 7) is 12.5. The van der Waals surface area contributed by atoms with Crippen LogP contribution in [0.1, 0.15) is 85.5 Å². The Labute approximate surface area is 245 Å². The summed E-state index contributed by atoms with van der Waals surface area (Å²) in [5.74, 6) is 3.88. The highest BCUT2D eigenvalue weighted by Crippen LogP contribution is 2.68. The molecule has 1 saturated heterocycles. The van der Waals surface area contributed by atoms with Gasteiger partial charge >= 0.3 is 11.9 Å². The van der Waals surface area contributed by atoms with E-state index in [1.165, 1.54) is 49.4 Å². The Morgan fingerprint density at radius 1 is 1.02 bits per heavy atom. The van der Waals surface area contributed by atoms with Crippen molar-refractivity contribution in [2.45, 2.75) is 91.1 Å². The fourth-order valence-electron chi connectivity index (χ4n) is 9.58. The van der Waals surface area contributed by atoms with Crippen molar-refractivity contribution < 1.29 is 28.9 Å². The summed E-state index contributed by atoms with van der Waals surface area (Å²) in [6.07, 6.45) is 10.3. The number of aliphatic hydroxyl groups excluding tert-OH is 1. The molecule has 1 aliphatic heterocycles. The van der Waals surface area contributed by atoms with Crippen molar-refractivity contribution in [3.05, 3.63) is 11.3 Å². The van der Waals surface area contributed by atoms with Crippen molar-refractivity contribution in [3.63, 3.8) is 0 Å². The second kappa shape index (κ2) is 12.2. The standard InChI is InChI=1S/C32H51NO6S/c1-22(34)25-7-8-26-24-6-5-23-19-30(2,11-12-31(23,3)27(24)9-10-32(25,26)4)39-29(36)21-40-18-17-38-28(35)20-33-13-15-37-16-14-33/h23-24,26-27,34H,5-21H2,1-4H3/b25-22-/t23-,24-,26-,27-,30+,31-,32+/m0/s1. The highest BCUT2D eigenvalue weighted by molar-refractivity contribution is 7.99. The van der Waals surface area contributed by atoms with Crippen molar-refractivity contribution in [1.29, 1.82) is 0 Å². The van der Waals surface area contributed by atoms with Crippen LogP contribution in [0.4, 0.5) is 0 Å². The van der Waals surface area contributed by atoms with Crippen LogP contribution < -0.4 is 0 Å². The van der Waals surface area contributed by atoms with Gasteiger partial charge in [0.05, 0.1) is 31.3 Å². The van der Waals surface area contributed by atoms with Gasteiger partial charge in [0.15, 0.2) is 0 Å². The molecule has 7 nitrogen and oxygen atoms in total. The van der Waals surface area contributed by atoms with Crippen molar-refractivity contribution in [1.82, 2.24) is 4.90 Å². The molecule has 0 aromatic carbocycles. The van der Waals surface area contributed by atoms with Gasteiger partial charge in [-0.1, -0.05) is 13.8 Å². The number of allylic oxidation sites excluding steroid dienone is 2. The van der Waals surface area contributed by atoms with E-state index in [1.807, 2.05) is 11.8 Å². The molecule has 4 aliphatic carbocycles. The molecule has 0 aromatic rings. The predicted octanol–water partition coefficient (Wildman–Crippen LogP) is 5.77. The zero-order valence-electron chi connectivity index (χ0n) is 25.2. The van der Waals surface area contributed by atoms with E-state index in [1.54, 1.807) is 0 Å². The monoisotopic (exact) mass is 577 g/mol. The Bertz CT molecular complexity index is 976. The topological polar surface area (TPSA) is 85.3 Å². The zero-order valence-corrected chi connectivity index (χ0v) is 26.0. The minimum atomic E-state index is -0.389. The van der Waals surface area contributed by atoms with Gasteiger partial charge in [0.25, 0.3) is 0 Å². The third kappa shape index (κ3) is 6.10. The Morgan fingerprint density at radius 2 is 1.80 bits per heavy atom. The minimum Gasteiger partial charge on any atom is -0.513 e. The fraction of sp³-hybridized carbons (Fsp3) is 0.875. The van der Waals surface area contributed by atoms with E-state index in [9.17, 15) is 14.7 Å². The zero-order chi connectivity index (χ0) is 28.5. The van der Waals surface area contributed by atoms with Crippen LogP contribution in [0.25, 0.3) is 0 Å². The Kier molecular flexibility index (Phi) is 9.19. The molecule has 0 radical (unpaired) electrons. The average Bonchev–Trinajstić information content (AvgIpc) is 3.27. The highest BCUT2D eigenvalue weighted by Gasteiger charge is 2.60. The molecule has 0 spiro atoms. The van der Waals surface area contributed by atoms with Crippen molar-refractivity contribution in [3.8, 4) is 0 Å². The van der Waals surface area contributed by atoms with Gasteiger partial charge in [-0.15, -0.1) is 11.8 Å². The van der Waals surface area contributed by atoms with Gasteiger partial charge in [0, 0.05) is 18.8 Å². The number of carbonyl (C=O) groups excluding carboxylic acids is 2. The number of hydrogen-bond donors (Lipinski definition) is 1. The lowest BCUT2D eigenvalue weighted by atomic mass is 9.44. The second-order valence-electron chi connectivity index (χ2n) is 14.0. The number of aliphatic hydroxyl groups is 1. The number of esters is 2. The maximum Gasteiger partial charge on any atom is 0.320 e. The van der Waals surface area contributed by atoms with Crippen LogP contribution in [0.5, 0.6) is 0 Å². The molecule has 5 rings (SSSR count). The summed E-state index contributed by atoms with van der Waals surface area (Å²) < 4.78 is 16.8. The molecule has 8 heteroatoms. The van der Waals surface area contributed by atoms with E-state index in [0.29, 0.717) is 60.9 Å². The van der Waals surface area contributed by atoms with Gasteiger partial charge in [-0.3, -0.25) is 14.5 Å². The molecule has 0 bridgehead atoms. The normalized spacial score (nSPS) is 40.9. The predicted molar refractivity (Wildman–Crippen MR) is 157 cm³/mol. The van der Waals surface area contributed by atoms with Gasteiger partial charge in [0.2, 0.25) is 0 Å². The number of ether oxygens (including phenoxy) is 3. The molecule has 0 amide bonds. The molecule has 40 heavy (non-hydrogen) atoms. The van der Waals surface area contributed by atoms with E-state index in [2.05, 4.69) is 20.8 Å². The first-order chi connectivity index (χ1) is 19.0. The van der Waals surface area contributed by atoms with Crippen LogP contribution in [0, 0.1) is 34.5 Å². The van der Waals surface area contributed by atoms with Gasteiger partial charge in [0.1, 0.15) is 12.2 Å². The second-order valence-corrected chi connectivity index (χ2v) is 15.1. The lowest BCUT2D eigenvalue weighted by Crippen LogP contribution is -2.55. The number of morpholine rings is 1. The lowest BCUT2D eigenvalue weighted by Gasteiger charge is -2.61. The first-order valence-corrected chi connectivity index (χ1v) is 16.8. The molecule has 1 N–H and O–H groups in total. The van der Waals surface area contributed by atoms with Gasteiger partial charge in [-0.05, 0) is 112 Å². The SMILES string of the molecule is C/C(O)=C1\CC[C@H]2[C@@H]3CC[C@H]4C[C@](C)(OC(=O)CSCCOC(=O)CN5CCOCC5)CC[C@]4(C)[C@H]3CC[C@]12C. The maximum atomic E-state index is 12.8. The van der Waals surface area contributed by atoms with Gasteiger partial charge in [-0.2, -0.15) is 0 Å². The van der Waals surface area contributed by atoms with Crippen LogP contribution in [-0.4, -0.2) is 78.5 Å². The summed E-state index contributed by atoms with van der Waals surface area (Å²) in [6, 6.07) is 0. The summed E-state index contributed by atoms with van der Waals surface area (Å²) >= 11 is 1.48. The van der Waals surface area contributed by atoms with Crippen molar-refractivity contribution >= 4 is 23.7 Å². The van der Waals surface area contributed by atoms with E-state index in [-0.39, 0.29) is 23.0 Å². The van der Waals surface area contributed by atoms with E-state index < -0.39 is 0 Å². The summed E-state index contributed by atoms with van der Waals surface area (Å²) in [7, 11) is 0. The largest absolute Gasteiger partial charge is 0.513 e. The molecule has 5 fully saturated rings. The van der Waals surface area contributed by atoms with Gasteiger partial charge < -0.3 is 19.3 Å². The maximum absolute atomic E-state index is 12.8. The molecule has 5 aliphatic rings. The minimum absolute atomic E-state index is 0.150.